The Labute approximate surface area is 140 Å². The summed E-state index contributed by atoms with van der Waals surface area (Å²) in [7, 11) is 0. The summed E-state index contributed by atoms with van der Waals surface area (Å²) >= 11 is 5.62. The van der Waals surface area contributed by atoms with E-state index in [2.05, 4.69) is 5.32 Å². The van der Waals surface area contributed by atoms with Gasteiger partial charge in [-0.25, -0.2) is 13.8 Å². The third-order valence-corrected chi connectivity index (χ3v) is 3.49. The molecule has 0 fully saturated rings. The molecule has 0 aliphatic heterocycles. The second kappa shape index (κ2) is 7.10. The predicted molar refractivity (Wildman–Crippen MR) is 85.4 cm³/mol. The van der Waals surface area contributed by atoms with Crippen molar-refractivity contribution >= 4 is 23.2 Å². The first-order valence-corrected chi connectivity index (χ1v) is 7.24. The number of nitriles is 1. The number of carbonyl (C=O) groups excluding carboxylic acids is 1. The molecule has 1 aromatic heterocycles. The van der Waals surface area contributed by atoms with E-state index >= 15 is 0 Å². The SMILES string of the molecule is CCn1cc(C#N)c(=O)n(CC(=O)Nc2ccc(F)c(Cl)c2)c1=O. The van der Waals surface area contributed by atoms with E-state index < -0.39 is 29.5 Å². The van der Waals surface area contributed by atoms with Crippen molar-refractivity contribution in [3.05, 3.63) is 61.6 Å². The van der Waals surface area contributed by atoms with E-state index in [1.807, 2.05) is 0 Å². The Morgan fingerprint density at radius 3 is 2.71 bits per heavy atom. The lowest BCUT2D eigenvalue weighted by molar-refractivity contribution is -0.116. The molecule has 7 nitrogen and oxygen atoms in total. The molecule has 0 aliphatic rings. The quantitative estimate of drug-likeness (QED) is 0.899. The van der Waals surface area contributed by atoms with Crippen LogP contribution in [0.15, 0.2) is 34.0 Å². The molecule has 0 saturated carbocycles. The van der Waals surface area contributed by atoms with Crippen molar-refractivity contribution in [1.82, 2.24) is 9.13 Å². The van der Waals surface area contributed by atoms with Crippen molar-refractivity contribution in [3.8, 4) is 6.07 Å². The third-order valence-electron chi connectivity index (χ3n) is 3.20. The van der Waals surface area contributed by atoms with Crippen molar-refractivity contribution < 1.29 is 9.18 Å². The zero-order valence-electron chi connectivity index (χ0n) is 12.5. The van der Waals surface area contributed by atoms with Gasteiger partial charge in [-0.1, -0.05) is 11.6 Å². The largest absolute Gasteiger partial charge is 0.331 e. The van der Waals surface area contributed by atoms with Gasteiger partial charge in [0.25, 0.3) is 5.56 Å². The van der Waals surface area contributed by atoms with E-state index in [1.54, 1.807) is 13.0 Å². The molecule has 0 saturated heterocycles. The summed E-state index contributed by atoms with van der Waals surface area (Å²) < 4.78 is 14.9. The van der Waals surface area contributed by atoms with Crippen LogP contribution in [-0.2, 0) is 17.9 Å². The number of anilines is 1. The number of aromatic nitrogens is 2. The molecular formula is C15H12ClFN4O3. The summed E-state index contributed by atoms with van der Waals surface area (Å²) in [6.45, 7) is 1.32. The summed E-state index contributed by atoms with van der Waals surface area (Å²) in [5, 5.41) is 11.2. The maximum absolute atomic E-state index is 13.1. The molecule has 1 N–H and O–H groups in total. The van der Waals surface area contributed by atoms with Crippen LogP contribution in [-0.4, -0.2) is 15.0 Å². The summed E-state index contributed by atoms with van der Waals surface area (Å²) in [5.74, 6) is -1.33. The molecule has 0 aliphatic carbocycles. The van der Waals surface area contributed by atoms with Gasteiger partial charge in [0, 0.05) is 18.4 Å². The number of halogens is 2. The van der Waals surface area contributed by atoms with Crippen LogP contribution in [0.4, 0.5) is 10.1 Å². The first kappa shape index (κ1) is 17.4. The molecule has 0 atom stereocenters. The first-order valence-electron chi connectivity index (χ1n) is 6.86. The fourth-order valence-electron chi connectivity index (χ4n) is 2.01. The van der Waals surface area contributed by atoms with Crippen LogP contribution >= 0.6 is 11.6 Å². The molecule has 1 heterocycles. The highest BCUT2D eigenvalue weighted by atomic mass is 35.5. The number of benzene rings is 1. The number of hydrogen-bond donors (Lipinski definition) is 1. The molecule has 1 amide bonds. The van der Waals surface area contributed by atoms with Crippen LogP contribution in [0, 0.1) is 17.1 Å². The molecule has 0 unspecified atom stereocenters. The van der Waals surface area contributed by atoms with Crippen molar-refractivity contribution in [2.24, 2.45) is 0 Å². The lowest BCUT2D eigenvalue weighted by atomic mass is 10.3. The minimum atomic E-state index is -0.848. The molecule has 0 spiro atoms. The molecule has 0 bridgehead atoms. The van der Waals surface area contributed by atoms with Gasteiger partial charge in [-0.2, -0.15) is 5.26 Å². The van der Waals surface area contributed by atoms with E-state index in [0.717, 1.165) is 16.8 Å². The Kier molecular flexibility index (Phi) is 5.16. The average molecular weight is 351 g/mol. The van der Waals surface area contributed by atoms with Gasteiger partial charge in [0.05, 0.1) is 5.02 Å². The lowest BCUT2D eigenvalue weighted by Crippen LogP contribution is -2.43. The van der Waals surface area contributed by atoms with E-state index in [-0.39, 0.29) is 22.8 Å². The smallest absolute Gasteiger partial charge is 0.324 e. The second-order valence-corrected chi connectivity index (χ2v) is 5.20. The minimum absolute atomic E-state index is 0.176. The van der Waals surface area contributed by atoms with Crippen molar-refractivity contribution in [2.75, 3.05) is 5.32 Å². The molecule has 9 heteroatoms. The molecule has 2 aromatic rings. The van der Waals surface area contributed by atoms with E-state index in [1.165, 1.54) is 12.1 Å². The zero-order valence-corrected chi connectivity index (χ0v) is 13.3. The van der Waals surface area contributed by atoms with Gasteiger partial charge in [-0.3, -0.25) is 14.2 Å². The summed E-state index contributed by atoms with van der Waals surface area (Å²) in [6, 6.07) is 5.26. The number of hydrogen-bond acceptors (Lipinski definition) is 4. The van der Waals surface area contributed by atoms with Gasteiger partial charge in [-0.15, -0.1) is 0 Å². The van der Waals surface area contributed by atoms with Gasteiger partial charge in [0.15, 0.2) is 0 Å². The Morgan fingerprint density at radius 1 is 1.42 bits per heavy atom. The first-order chi connectivity index (χ1) is 11.4. The highest BCUT2D eigenvalue weighted by Gasteiger charge is 2.14. The standard InChI is InChI=1S/C15H12ClFN4O3/c1-2-20-7-9(6-18)14(23)21(15(20)24)8-13(22)19-10-3-4-12(17)11(16)5-10/h3-5,7H,2,8H2,1H3,(H,19,22). The Balaban J connectivity index is 2.32. The lowest BCUT2D eigenvalue weighted by Gasteiger charge is -2.10. The fourth-order valence-corrected chi connectivity index (χ4v) is 2.19. The maximum atomic E-state index is 13.1. The minimum Gasteiger partial charge on any atom is -0.324 e. The highest BCUT2D eigenvalue weighted by Crippen LogP contribution is 2.19. The van der Waals surface area contributed by atoms with Crippen LogP contribution in [0.5, 0.6) is 0 Å². The van der Waals surface area contributed by atoms with Gasteiger partial charge in [-0.05, 0) is 25.1 Å². The molecular weight excluding hydrogens is 339 g/mol. The number of nitrogens with zero attached hydrogens (tertiary/aromatic N) is 3. The van der Waals surface area contributed by atoms with Gasteiger partial charge < -0.3 is 5.32 Å². The van der Waals surface area contributed by atoms with Gasteiger partial charge in [0.2, 0.25) is 5.91 Å². The monoisotopic (exact) mass is 350 g/mol. The number of carbonyl (C=O) groups is 1. The summed E-state index contributed by atoms with van der Waals surface area (Å²) in [5.41, 5.74) is -1.57. The van der Waals surface area contributed by atoms with E-state index in [0.29, 0.717) is 4.57 Å². The Bertz CT molecular complexity index is 959. The zero-order chi connectivity index (χ0) is 17.9. The van der Waals surface area contributed by atoms with E-state index in [4.69, 9.17) is 16.9 Å². The topological polar surface area (TPSA) is 96.9 Å². The van der Waals surface area contributed by atoms with E-state index in [9.17, 15) is 18.8 Å². The number of nitrogens with one attached hydrogen (secondary N) is 1. The van der Waals surface area contributed by atoms with Crippen molar-refractivity contribution in [1.29, 1.82) is 5.26 Å². The summed E-state index contributed by atoms with van der Waals surface area (Å²) in [6.07, 6.45) is 1.15. The maximum Gasteiger partial charge on any atom is 0.331 e. The van der Waals surface area contributed by atoms with Crippen molar-refractivity contribution in [3.63, 3.8) is 0 Å². The highest BCUT2D eigenvalue weighted by molar-refractivity contribution is 6.31. The van der Waals surface area contributed by atoms with Crippen molar-refractivity contribution in [2.45, 2.75) is 20.0 Å². The Hall–Kier alpha value is -2.92. The second-order valence-electron chi connectivity index (χ2n) is 4.79. The van der Waals surface area contributed by atoms with Gasteiger partial charge in [0.1, 0.15) is 24.0 Å². The van der Waals surface area contributed by atoms with Crippen LogP contribution in [0.25, 0.3) is 0 Å². The third kappa shape index (κ3) is 3.52. The number of rotatable bonds is 4. The average Bonchev–Trinajstić information content (AvgIpc) is 2.55. The number of amides is 1. The molecule has 124 valence electrons. The molecule has 1 aromatic carbocycles. The molecule has 24 heavy (non-hydrogen) atoms. The van der Waals surface area contributed by atoms with Crippen LogP contribution in [0.2, 0.25) is 5.02 Å². The van der Waals surface area contributed by atoms with Gasteiger partial charge >= 0.3 is 5.69 Å². The predicted octanol–water partition coefficient (Wildman–Crippen LogP) is 1.33. The normalized spacial score (nSPS) is 10.2. The van der Waals surface area contributed by atoms with Crippen LogP contribution < -0.4 is 16.6 Å². The Morgan fingerprint density at radius 2 is 2.12 bits per heavy atom. The van der Waals surface area contributed by atoms with Crippen LogP contribution in [0.3, 0.4) is 0 Å². The van der Waals surface area contributed by atoms with Crippen LogP contribution in [0.1, 0.15) is 12.5 Å². The number of aryl methyl sites for hydroxylation is 1. The molecule has 2 rings (SSSR count). The molecule has 0 radical (unpaired) electrons. The fraction of sp³-hybridized carbons (Fsp3) is 0.200. The summed E-state index contributed by atoms with van der Waals surface area (Å²) in [4.78, 5) is 36.2.